The summed E-state index contributed by atoms with van der Waals surface area (Å²) in [5.74, 6) is -3.28. The van der Waals surface area contributed by atoms with E-state index in [0.29, 0.717) is 18.7 Å². The molecule has 0 unspecified atom stereocenters. The largest absolute Gasteiger partial charge is 0.351 e. The lowest BCUT2D eigenvalue weighted by Gasteiger charge is -2.06. The van der Waals surface area contributed by atoms with Crippen molar-refractivity contribution in [1.29, 1.82) is 0 Å². The van der Waals surface area contributed by atoms with E-state index in [2.05, 4.69) is 10.6 Å². The molecule has 0 heterocycles. The zero-order valence-corrected chi connectivity index (χ0v) is 9.50. The number of halogens is 2. The molecule has 0 aliphatic rings. The van der Waals surface area contributed by atoms with Crippen LogP contribution in [0, 0.1) is 21.7 Å². The van der Waals surface area contributed by atoms with Gasteiger partial charge in [-0.25, -0.2) is 4.39 Å². The highest BCUT2D eigenvalue weighted by Crippen LogP contribution is 2.22. The van der Waals surface area contributed by atoms with Crippen molar-refractivity contribution in [1.82, 2.24) is 10.6 Å². The van der Waals surface area contributed by atoms with E-state index in [9.17, 15) is 23.7 Å². The number of likely N-dealkylation sites (N-methyl/N-ethyl adjacent to an activating group) is 1. The monoisotopic (exact) mass is 259 g/mol. The lowest BCUT2D eigenvalue weighted by atomic mass is 10.1. The van der Waals surface area contributed by atoms with Crippen LogP contribution in [0.15, 0.2) is 12.1 Å². The molecule has 0 radical (unpaired) electrons. The van der Waals surface area contributed by atoms with E-state index in [1.54, 1.807) is 7.05 Å². The highest BCUT2D eigenvalue weighted by molar-refractivity contribution is 5.95. The zero-order valence-electron chi connectivity index (χ0n) is 9.50. The Bertz CT molecular complexity index is 480. The molecule has 6 nitrogen and oxygen atoms in total. The van der Waals surface area contributed by atoms with Gasteiger partial charge in [-0.05, 0) is 13.1 Å². The Morgan fingerprint density at radius 3 is 2.61 bits per heavy atom. The van der Waals surface area contributed by atoms with Crippen molar-refractivity contribution in [2.24, 2.45) is 0 Å². The minimum absolute atomic E-state index is 0.194. The number of nitrogens with zero attached hydrogens (tertiary/aromatic N) is 1. The third-order valence-corrected chi connectivity index (χ3v) is 2.12. The van der Waals surface area contributed by atoms with Crippen molar-refractivity contribution in [2.45, 2.75) is 0 Å². The molecule has 0 aliphatic carbocycles. The van der Waals surface area contributed by atoms with Crippen molar-refractivity contribution >= 4 is 11.6 Å². The topological polar surface area (TPSA) is 84.3 Å². The van der Waals surface area contributed by atoms with Gasteiger partial charge in [0, 0.05) is 13.1 Å². The Morgan fingerprint density at radius 1 is 1.39 bits per heavy atom. The predicted molar refractivity (Wildman–Crippen MR) is 59.3 cm³/mol. The van der Waals surface area contributed by atoms with E-state index < -0.39 is 33.7 Å². The van der Waals surface area contributed by atoms with Crippen molar-refractivity contribution in [3.05, 3.63) is 39.4 Å². The molecular formula is C10H11F2N3O3. The van der Waals surface area contributed by atoms with Gasteiger partial charge in [0.1, 0.15) is 5.82 Å². The van der Waals surface area contributed by atoms with Crippen LogP contribution in [0.25, 0.3) is 0 Å². The first kappa shape index (κ1) is 14.0. The van der Waals surface area contributed by atoms with Gasteiger partial charge < -0.3 is 10.6 Å². The van der Waals surface area contributed by atoms with Gasteiger partial charge in [-0.3, -0.25) is 14.9 Å². The second-order valence-corrected chi connectivity index (χ2v) is 3.40. The summed E-state index contributed by atoms with van der Waals surface area (Å²) in [6, 6.07) is 1.05. The summed E-state index contributed by atoms with van der Waals surface area (Å²) >= 11 is 0. The lowest BCUT2D eigenvalue weighted by molar-refractivity contribution is -0.387. The smallest absolute Gasteiger partial charge is 0.308 e. The SMILES string of the molecule is CNCCNC(=O)c1cc(F)cc([N+](=O)[O-])c1F. The number of amides is 1. The van der Waals surface area contributed by atoms with Crippen molar-refractivity contribution < 1.29 is 18.5 Å². The molecule has 0 saturated carbocycles. The quantitative estimate of drug-likeness (QED) is 0.466. The molecule has 0 atom stereocenters. The van der Waals surface area contributed by atoms with Crippen molar-refractivity contribution in [3.63, 3.8) is 0 Å². The van der Waals surface area contributed by atoms with Crippen LogP contribution in [0.2, 0.25) is 0 Å². The molecule has 8 heteroatoms. The van der Waals surface area contributed by atoms with E-state index >= 15 is 0 Å². The standard InChI is InChI=1S/C10H11F2N3O3/c1-13-2-3-14-10(16)7-4-6(11)5-8(9(7)12)15(17)18/h4-5,13H,2-3H2,1H3,(H,14,16). The molecule has 1 rings (SSSR count). The number of nitro groups is 1. The van der Waals surface area contributed by atoms with Crippen molar-refractivity contribution in [3.8, 4) is 0 Å². The van der Waals surface area contributed by atoms with Gasteiger partial charge in [-0.2, -0.15) is 4.39 Å². The number of benzene rings is 1. The third kappa shape index (κ3) is 3.20. The highest BCUT2D eigenvalue weighted by atomic mass is 19.1. The van der Waals surface area contributed by atoms with Gasteiger partial charge >= 0.3 is 5.69 Å². The molecule has 1 aromatic carbocycles. The number of hydrogen-bond acceptors (Lipinski definition) is 4. The molecule has 0 aromatic heterocycles. The summed E-state index contributed by atoms with van der Waals surface area (Å²) in [6.07, 6.45) is 0. The number of nitrogens with one attached hydrogen (secondary N) is 2. The maximum atomic E-state index is 13.6. The Hall–Kier alpha value is -2.09. The average Bonchev–Trinajstić information content (AvgIpc) is 2.31. The Labute approximate surface area is 101 Å². The van der Waals surface area contributed by atoms with Crippen LogP contribution in [0.1, 0.15) is 10.4 Å². The molecule has 1 amide bonds. The number of nitro benzene ring substituents is 1. The molecule has 0 spiro atoms. The lowest BCUT2D eigenvalue weighted by Crippen LogP contribution is -2.31. The number of rotatable bonds is 5. The summed E-state index contributed by atoms with van der Waals surface area (Å²) in [7, 11) is 1.65. The maximum Gasteiger partial charge on any atom is 0.308 e. The summed E-state index contributed by atoms with van der Waals surface area (Å²) in [4.78, 5) is 20.9. The Balaban J connectivity index is 3.01. The Kier molecular flexibility index (Phi) is 4.67. The van der Waals surface area contributed by atoms with Crippen molar-refractivity contribution in [2.75, 3.05) is 20.1 Å². The minimum atomic E-state index is -1.34. The fourth-order valence-electron chi connectivity index (χ4n) is 1.27. The first-order valence-electron chi connectivity index (χ1n) is 5.03. The molecule has 98 valence electrons. The molecule has 18 heavy (non-hydrogen) atoms. The van der Waals surface area contributed by atoms with E-state index in [1.165, 1.54) is 0 Å². The third-order valence-electron chi connectivity index (χ3n) is 2.12. The van der Waals surface area contributed by atoms with Gasteiger partial charge in [0.2, 0.25) is 5.82 Å². The highest BCUT2D eigenvalue weighted by Gasteiger charge is 2.23. The second-order valence-electron chi connectivity index (χ2n) is 3.40. The predicted octanol–water partition coefficient (Wildman–Crippen LogP) is 0.822. The molecule has 1 aromatic rings. The second kappa shape index (κ2) is 6.01. The average molecular weight is 259 g/mol. The van der Waals surface area contributed by atoms with Crippen LogP contribution in [0.3, 0.4) is 0 Å². The van der Waals surface area contributed by atoms with Crippen LogP contribution in [-0.2, 0) is 0 Å². The van der Waals surface area contributed by atoms with Crippen LogP contribution >= 0.6 is 0 Å². The molecular weight excluding hydrogens is 248 g/mol. The fraction of sp³-hybridized carbons (Fsp3) is 0.300. The van der Waals surface area contributed by atoms with Crippen LogP contribution < -0.4 is 10.6 Å². The summed E-state index contributed by atoms with van der Waals surface area (Å²) < 4.78 is 26.6. The molecule has 0 fully saturated rings. The van der Waals surface area contributed by atoms with E-state index in [1.807, 2.05) is 0 Å². The number of carbonyl (C=O) groups excluding carboxylic acids is 1. The summed E-state index contributed by atoms with van der Waals surface area (Å²) in [5.41, 5.74) is -1.74. The summed E-state index contributed by atoms with van der Waals surface area (Å²) in [5, 5.41) is 15.5. The van der Waals surface area contributed by atoms with Gasteiger partial charge in [0.25, 0.3) is 5.91 Å². The molecule has 0 bridgehead atoms. The van der Waals surface area contributed by atoms with Crippen LogP contribution in [0.4, 0.5) is 14.5 Å². The van der Waals surface area contributed by atoms with Crippen LogP contribution in [-0.4, -0.2) is 31.0 Å². The summed E-state index contributed by atoms with van der Waals surface area (Å²) in [6.45, 7) is 0.629. The van der Waals surface area contributed by atoms with Gasteiger partial charge in [0.15, 0.2) is 0 Å². The van der Waals surface area contributed by atoms with E-state index in [0.717, 1.165) is 0 Å². The van der Waals surface area contributed by atoms with E-state index in [-0.39, 0.29) is 6.54 Å². The van der Waals surface area contributed by atoms with Crippen LogP contribution in [0.5, 0.6) is 0 Å². The minimum Gasteiger partial charge on any atom is -0.351 e. The molecule has 2 N–H and O–H groups in total. The fourth-order valence-corrected chi connectivity index (χ4v) is 1.27. The van der Waals surface area contributed by atoms with Gasteiger partial charge in [-0.15, -0.1) is 0 Å². The normalized spacial score (nSPS) is 10.2. The zero-order chi connectivity index (χ0) is 13.7. The van der Waals surface area contributed by atoms with Gasteiger partial charge in [0.05, 0.1) is 16.6 Å². The number of hydrogen-bond donors (Lipinski definition) is 2. The maximum absolute atomic E-state index is 13.6. The molecule has 0 aliphatic heterocycles. The Morgan fingerprint density at radius 2 is 2.06 bits per heavy atom. The van der Waals surface area contributed by atoms with E-state index in [4.69, 9.17) is 0 Å². The number of carbonyl (C=O) groups is 1. The molecule has 0 saturated heterocycles. The van der Waals surface area contributed by atoms with Gasteiger partial charge in [-0.1, -0.05) is 0 Å². The first-order valence-corrected chi connectivity index (χ1v) is 5.03. The first-order chi connectivity index (χ1) is 8.47.